The summed E-state index contributed by atoms with van der Waals surface area (Å²) in [6, 6.07) is 18.3. The van der Waals surface area contributed by atoms with Crippen LogP contribution >= 0.6 is 0 Å². The number of hydrogen-bond donors (Lipinski definition) is 1. The lowest BCUT2D eigenvalue weighted by Gasteiger charge is -2.10. The van der Waals surface area contributed by atoms with E-state index in [0.717, 1.165) is 11.1 Å². The first kappa shape index (κ1) is 21.4. The van der Waals surface area contributed by atoms with Gasteiger partial charge < -0.3 is 19.8 Å². The molecule has 35 heavy (non-hydrogen) atoms. The average Bonchev–Trinajstić information content (AvgIpc) is 3.41. The van der Waals surface area contributed by atoms with Crippen molar-refractivity contribution in [3.63, 3.8) is 0 Å². The van der Waals surface area contributed by atoms with Gasteiger partial charge in [-0.3, -0.25) is 0 Å². The van der Waals surface area contributed by atoms with E-state index in [2.05, 4.69) is 0 Å². The van der Waals surface area contributed by atoms with Gasteiger partial charge in [0.1, 0.15) is 16.2 Å². The van der Waals surface area contributed by atoms with Gasteiger partial charge in [0, 0.05) is 0 Å². The Hall–Kier alpha value is -4.11. The lowest BCUT2D eigenvalue weighted by Crippen LogP contribution is -2.10. The molecule has 5 aromatic rings. The van der Waals surface area contributed by atoms with Gasteiger partial charge in [0.15, 0.2) is 17.1 Å². The normalized spacial score (nSPS) is 13.1. The van der Waals surface area contributed by atoms with Crippen molar-refractivity contribution in [1.29, 1.82) is 0 Å². The Labute approximate surface area is 201 Å². The Morgan fingerprint density at radius 1 is 0.943 bits per heavy atom. The average molecular weight is 487 g/mol. The fourth-order valence-corrected chi connectivity index (χ4v) is 6.27. The number of benzene rings is 3. The number of para-hydroxylation sites is 2. The van der Waals surface area contributed by atoms with E-state index in [1.807, 2.05) is 49.4 Å². The van der Waals surface area contributed by atoms with Crippen molar-refractivity contribution in [2.75, 3.05) is 12.5 Å². The molecule has 2 aromatic heterocycles. The molecule has 8 nitrogen and oxygen atoms in total. The third kappa shape index (κ3) is 3.38. The van der Waals surface area contributed by atoms with E-state index in [9.17, 15) is 8.42 Å². The molecule has 0 atom stereocenters. The smallest absolute Gasteiger partial charge is 0.231 e. The van der Waals surface area contributed by atoms with E-state index in [-0.39, 0.29) is 34.5 Å². The fraction of sp³-hybridized carbons (Fsp3) is 0.154. The highest BCUT2D eigenvalue weighted by atomic mass is 32.2. The largest absolute Gasteiger partial charge is 0.454 e. The first-order chi connectivity index (χ1) is 16.8. The van der Waals surface area contributed by atoms with Crippen molar-refractivity contribution >= 4 is 37.9 Å². The molecule has 176 valence electrons. The Kier molecular flexibility index (Phi) is 4.72. The van der Waals surface area contributed by atoms with Crippen LogP contribution in [-0.2, 0) is 16.4 Å². The van der Waals surface area contributed by atoms with Crippen molar-refractivity contribution in [3.05, 3.63) is 77.4 Å². The van der Waals surface area contributed by atoms with Gasteiger partial charge >= 0.3 is 0 Å². The minimum absolute atomic E-state index is 0.0276. The van der Waals surface area contributed by atoms with Gasteiger partial charge in [-0.1, -0.05) is 30.3 Å². The number of hydrogen-bond acceptors (Lipinski definition) is 7. The number of fused-ring (bicyclic) bond motifs is 3. The fourth-order valence-electron chi connectivity index (χ4n) is 4.44. The molecule has 3 heterocycles. The Morgan fingerprint density at radius 3 is 2.49 bits per heavy atom. The second-order valence-corrected chi connectivity index (χ2v) is 10.5. The van der Waals surface area contributed by atoms with Crippen molar-refractivity contribution < 1.29 is 17.9 Å². The number of aromatic nitrogens is 3. The standard InChI is InChI=1S/C26H22N4O4S/c1-15-7-8-16(2)22(11-15)35(31,32)24-23-26(29-19-6-4-3-5-18(19)28-23)30(25(24)27)13-17-9-10-20-21(12-17)34-14-33-20/h3-12H,13-14,27H2,1-2H3. The quantitative estimate of drug-likeness (QED) is 0.401. The van der Waals surface area contributed by atoms with Crippen LogP contribution in [0.3, 0.4) is 0 Å². The minimum Gasteiger partial charge on any atom is -0.454 e. The zero-order valence-electron chi connectivity index (χ0n) is 19.1. The molecule has 0 aliphatic carbocycles. The lowest BCUT2D eigenvalue weighted by molar-refractivity contribution is 0.174. The maximum absolute atomic E-state index is 14.0. The molecule has 0 radical (unpaired) electrons. The van der Waals surface area contributed by atoms with E-state index in [0.29, 0.717) is 33.7 Å². The highest BCUT2D eigenvalue weighted by molar-refractivity contribution is 7.92. The molecule has 0 fully saturated rings. The number of ether oxygens (including phenoxy) is 2. The molecule has 0 saturated heterocycles. The molecule has 0 bridgehead atoms. The van der Waals surface area contributed by atoms with E-state index in [1.54, 1.807) is 29.7 Å². The molecule has 9 heteroatoms. The number of aryl methyl sites for hydroxylation is 2. The van der Waals surface area contributed by atoms with Crippen molar-refractivity contribution in [2.45, 2.75) is 30.2 Å². The summed E-state index contributed by atoms with van der Waals surface area (Å²) in [5, 5.41) is 0. The number of nitrogen functional groups attached to an aromatic ring is 1. The van der Waals surface area contributed by atoms with Crippen LogP contribution in [0.1, 0.15) is 16.7 Å². The van der Waals surface area contributed by atoms with Gasteiger partial charge in [0.05, 0.1) is 22.5 Å². The third-order valence-corrected chi connectivity index (χ3v) is 8.18. The summed E-state index contributed by atoms with van der Waals surface area (Å²) < 4.78 is 40.6. The highest BCUT2D eigenvalue weighted by Gasteiger charge is 2.31. The summed E-state index contributed by atoms with van der Waals surface area (Å²) in [4.78, 5) is 9.67. The van der Waals surface area contributed by atoms with Gasteiger partial charge in [0.2, 0.25) is 16.6 Å². The van der Waals surface area contributed by atoms with Crippen LogP contribution in [-0.4, -0.2) is 29.7 Å². The monoisotopic (exact) mass is 486 g/mol. The second-order valence-electron chi connectivity index (χ2n) is 8.65. The molecule has 1 aliphatic heterocycles. The summed E-state index contributed by atoms with van der Waals surface area (Å²) in [5.41, 5.74) is 10.8. The summed E-state index contributed by atoms with van der Waals surface area (Å²) >= 11 is 0. The number of nitrogens with zero attached hydrogens (tertiary/aromatic N) is 3. The van der Waals surface area contributed by atoms with Gasteiger partial charge in [0.25, 0.3) is 0 Å². The molecule has 6 rings (SSSR count). The summed E-state index contributed by atoms with van der Waals surface area (Å²) in [5.74, 6) is 1.40. The third-order valence-electron chi connectivity index (χ3n) is 6.23. The highest BCUT2D eigenvalue weighted by Crippen LogP contribution is 2.38. The Bertz CT molecular complexity index is 1760. The first-order valence-electron chi connectivity index (χ1n) is 11.1. The van der Waals surface area contributed by atoms with E-state index in [1.165, 1.54) is 0 Å². The SMILES string of the molecule is Cc1ccc(C)c(S(=O)(=O)c2c(N)n(Cc3ccc4c(c3)OCO4)c3nc4ccccc4nc23)c1. The van der Waals surface area contributed by atoms with Crippen molar-refractivity contribution in [3.8, 4) is 11.5 Å². The van der Waals surface area contributed by atoms with Gasteiger partial charge in [-0.15, -0.1) is 0 Å². The second kappa shape index (κ2) is 7.71. The van der Waals surface area contributed by atoms with Crippen LogP contribution in [0.5, 0.6) is 11.5 Å². The molecule has 0 amide bonds. The van der Waals surface area contributed by atoms with Crippen molar-refractivity contribution in [2.24, 2.45) is 0 Å². The molecular weight excluding hydrogens is 464 g/mol. The van der Waals surface area contributed by atoms with Crippen LogP contribution in [0.4, 0.5) is 5.82 Å². The zero-order chi connectivity index (χ0) is 24.3. The molecule has 0 spiro atoms. The van der Waals surface area contributed by atoms with Gasteiger partial charge in [-0.05, 0) is 60.9 Å². The maximum Gasteiger partial charge on any atom is 0.231 e. The number of sulfone groups is 1. The van der Waals surface area contributed by atoms with Crippen LogP contribution in [0.2, 0.25) is 0 Å². The van der Waals surface area contributed by atoms with Crippen molar-refractivity contribution in [1.82, 2.24) is 14.5 Å². The molecule has 2 N–H and O–H groups in total. The van der Waals surface area contributed by atoms with Gasteiger partial charge in [-0.2, -0.15) is 0 Å². The molecule has 3 aromatic carbocycles. The van der Waals surface area contributed by atoms with Crippen LogP contribution in [0.25, 0.3) is 22.2 Å². The van der Waals surface area contributed by atoms with Crippen LogP contribution < -0.4 is 15.2 Å². The Morgan fingerprint density at radius 2 is 1.69 bits per heavy atom. The topological polar surface area (TPSA) is 109 Å². The maximum atomic E-state index is 14.0. The predicted molar refractivity (Wildman–Crippen MR) is 132 cm³/mol. The van der Waals surface area contributed by atoms with E-state index in [4.69, 9.17) is 25.2 Å². The number of anilines is 1. The Balaban J connectivity index is 1.62. The van der Waals surface area contributed by atoms with E-state index >= 15 is 0 Å². The van der Waals surface area contributed by atoms with Gasteiger partial charge in [-0.25, -0.2) is 18.4 Å². The minimum atomic E-state index is -3.99. The number of rotatable bonds is 4. The number of nitrogens with two attached hydrogens (primary N) is 1. The van der Waals surface area contributed by atoms with Crippen LogP contribution in [0.15, 0.2) is 70.5 Å². The first-order valence-corrected chi connectivity index (χ1v) is 12.6. The van der Waals surface area contributed by atoms with Crippen LogP contribution in [0, 0.1) is 13.8 Å². The molecule has 1 aliphatic rings. The predicted octanol–water partition coefficient (Wildman–Crippen LogP) is 4.39. The molecule has 0 saturated carbocycles. The molecular formula is C26H22N4O4S. The lowest BCUT2D eigenvalue weighted by atomic mass is 10.2. The zero-order valence-corrected chi connectivity index (χ0v) is 20.0. The summed E-state index contributed by atoms with van der Waals surface area (Å²) in [6.07, 6.45) is 0. The van der Waals surface area contributed by atoms with E-state index < -0.39 is 9.84 Å². The molecule has 0 unspecified atom stereocenters. The summed E-state index contributed by atoms with van der Waals surface area (Å²) in [7, 11) is -3.99. The summed E-state index contributed by atoms with van der Waals surface area (Å²) in [6.45, 7) is 4.09.